The smallest absolute Gasteiger partial charge is 0.0196 e. The van der Waals surface area contributed by atoms with Crippen molar-refractivity contribution in [2.45, 2.75) is 62.3 Å². The first-order chi connectivity index (χ1) is 6.34. The molecule has 0 heterocycles. The number of allylic oxidation sites excluding steroid dienone is 2. The second-order valence-electron chi connectivity index (χ2n) is 8.12. The Bertz CT molecular complexity index is 269. The molecular formula is C15H28. The summed E-state index contributed by atoms with van der Waals surface area (Å²) in [4.78, 5) is 0. The molecule has 0 saturated heterocycles. The van der Waals surface area contributed by atoms with Crippen molar-refractivity contribution < 1.29 is 0 Å². The lowest BCUT2D eigenvalue weighted by molar-refractivity contribution is 0.0827. The molecule has 0 saturated carbocycles. The van der Waals surface area contributed by atoms with E-state index in [0.717, 1.165) is 0 Å². The van der Waals surface area contributed by atoms with Gasteiger partial charge in [0.15, 0.2) is 0 Å². The van der Waals surface area contributed by atoms with E-state index in [9.17, 15) is 0 Å². The van der Waals surface area contributed by atoms with E-state index in [1.165, 1.54) is 0 Å². The zero-order chi connectivity index (χ0) is 12.3. The number of hydrogen-bond donors (Lipinski definition) is 0. The molecule has 0 aromatic rings. The van der Waals surface area contributed by atoms with Gasteiger partial charge in [0.25, 0.3) is 0 Å². The van der Waals surface area contributed by atoms with E-state index in [4.69, 9.17) is 0 Å². The highest BCUT2D eigenvalue weighted by molar-refractivity contribution is 5.47. The van der Waals surface area contributed by atoms with Gasteiger partial charge in [-0.25, -0.2) is 0 Å². The first-order valence-electron chi connectivity index (χ1n) is 6.08. The van der Waals surface area contributed by atoms with Crippen molar-refractivity contribution in [2.24, 2.45) is 21.7 Å². The predicted molar refractivity (Wildman–Crippen MR) is 68.9 cm³/mol. The first kappa shape index (κ1) is 12.8. The van der Waals surface area contributed by atoms with Crippen LogP contribution >= 0.6 is 0 Å². The third kappa shape index (κ3) is 1.77. The summed E-state index contributed by atoms with van der Waals surface area (Å²) in [7, 11) is 0. The van der Waals surface area contributed by atoms with Crippen molar-refractivity contribution in [1.82, 2.24) is 0 Å². The Morgan fingerprint density at radius 2 is 1.07 bits per heavy atom. The van der Waals surface area contributed by atoms with E-state index in [1.807, 2.05) is 0 Å². The van der Waals surface area contributed by atoms with Gasteiger partial charge in [0.2, 0.25) is 0 Å². The molecule has 0 aromatic carbocycles. The van der Waals surface area contributed by atoms with Crippen LogP contribution in [0.15, 0.2) is 11.6 Å². The minimum atomic E-state index is 0.318. The van der Waals surface area contributed by atoms with Crippen LogP contribution in [0.2, 0.25) is 0 Å². The molecule has 0 amide bonds. The highest BCUT2D eigenvalue weighted by Crippen LogP contribution is 2.70. The van der Waals surface area contributed by atoms with Gasteiger partial charge < -0.3 is 0 Å². The average molecular weight is 208 g/mol. The molecule has 0 aliphatic heterocycles. The lowest BCUT2D eigenvalue weighted by Gasteiger charge is -2.46. The van der Waals surface area contributed by atoms with Gasteiger partial charge in [0.1, 0.15) is 0 Å². The molecule has 1 aliphatic carbocycles. The fraction of sp³-hybridized carbons (Fsp3) is 0.867. The van der Waals surface area contributed by atoms with Crippen LogP contribution in [-0.2, 0) is 0 Å². The van der Waals surface area contributed by atoms with E-state index in [2.05, 4.69) is 68.4 Å². The first-order valence-corrected chi connectivity index (χ1v) is 6.08. The number of hydrogen-bond acceptors (Lipinski definition) is 0. The zero-order valence-corrected chi connectivity index (χ0v) is 12.1. The average Bonchev–Trinajstić information content (AvgIpc) is 2.51. The summed E-state index contributed by atoms with van der Waals surface area (Å²) >= 11 is 0. The third-order valence-electron chi connectivity index (χ3n) is 3.88. The van der Waals surface area contributed by atoms with Crippen molar-refractivity contribution in [3.63, 3.8) is 0 Å². The third-order valence-corrected chi connectivity index (χ3v) is 3.88. The van der Waals surface area contributed by atoms with Crippen LogP contribution in [-0.4, -0.2) is 0 Å². The molecule has 0 spiro atoms. The topological polar surface area (TPSA) is 0 Å². The fourth-order valence-electron chi connectivity index (χ4n) is 3.35. The molecule has 0 nitrogen and oxygen atoms in total. The van der Waals surface area contributed by atoms with Gasteiger partial charge in [-0.3, -0.25) is 0 Å². The van der Waals surface area contributed by atoms with Gasteiger partial charge in [0.05, 0.1) is 0 Å². The summed E-state index contributed by atoms with van der Waals surface area (Å²) in [5, 5.41) is 0. The second kappa shape index (κ2) is 2.90. The van der Waals surface area contributed by atoms with Gasteiger partial charge in [-0.1, -0.05) is 74.0 Å². The van der Waals surface area contributed by atoms with Gasteiger partial charge in [-0.15, -0.1) is 0 Å². The van der Waals surface area contributed by atoms with E-state index < -0.39 is 0 Å². The Labute approximate surface area is 96.2 Å². The molecule has 15 heavy (non-hydrogen) atoms. The van der Waals surface area contributed by atoms with Crippen LogP contribution in [0.5, 0.6) is 0 Å². The van der Waals surface area contributed by atoms with Crippen molar-refractivity contribution in [3.8, 4) is 0 Å². The predicted octanol–water partition coefficient (Wildman–Crippen LogP) is 5.05. The van der Waals surface area contributed by atoms with Crippen LogP contribution in [0.25, 0.3) is 0 Å². The minimum absolute atomic E-state index is 0.318. The SMILES string of the molecule is CC(C)(C)C1=CC1(C(C)(C)C)C(C)(C)C. The van der Waals surface area contributed by atoms with Crippen LogP contribution in [0.4, 0.5) is 0 Å². The monoisotopic (exact) mass is 208 g/mol. The standard InChI is InChI=1S/C15H28/c1-12(2,3)11-10-15(11,13(4,5)6)14(7,8)9/h10H,1-9H3. The molecular weight excluding hydrogens is 180 g/mol. The molecule has 0 bridgehead atoms. The van der Waals surface area contributed by atoms with Crippen LogP contribution in [0.1, 0.15) is 62.3 Å². The molecule has 0 N–H and O–H groups in total. The molecule has 0 heteroatoms. The van der Waals surface area contributed by atoms with E-state index in [1.54, 1.807) is 5.57 Å². The quantitative estimate of drug-likeness (QED) is 0.489. The molecule has 0 radical (unpaired) electrons. The van der Waals surface area contributed by atoms with Gasteiger partial charge >= 0.3 is 0 Å². The Morgan fingerprint density at radius 3 is 1.13 bits per heavy atom. The lowest BCUT2D eigenvalue weighted by atomic mass is 9.58. The lowest BCUT2D eigenvalue weighted by Crippen LogP contribution is -2.39. The van der Waals surface area contributed by atoms with Gasteiger partial charge in [-0.2, -0.15) is 0 Å². The highest BCUT2D eigenvalue weighted by Gasteiger charge is 2.61. The van der Waals surface area contributed by atoms with Crippen LogP contribution < -0.4 is 0 Å². The molecule has 1 aliphatic rings. The second-order valence-corrected chi connectivity index (χ2v) is 8.12. The fourth-order valence-corrected chi connectivity index (χ4v) is 3.35. The normalized spacial score (nSPS) is 21.3. The Hall–Kier alpha value is -0.260. The van der Waals surface area contributed by atoms with Crippen molar-refractivity contribution in [2.75, 3.05) is 0 Å². The van der Waals surface area contributed by atoms with E-state index in [-0.39, 0.29) is 0 Å². The largest absolute Gasteiger partial charge is 0.0726 e. The molecule has 0 fully saturated rings. The Kier molecular flexibility index (Phi) is 2.47. The minimum Gasteiger partial charge on any atom is -0.0726 e. The summed E-state index contributed by atoms with van der Waals surface area (Å²) in [5.41, 5.74) is 2.94. The summed E-state index contributed by atoms with van der Waals surface area (Å²) in [6, 6.07) is 0. The molecule has 1 rings (SSSR count). The van der Waals surface area contributed by atoms with Gasteiger partial charge in [0, 0.05) is 5.41 Å². The molecule has 0 atom stereocenters. The molecule has 0 aromatic heterocycles. The summed E-state index contributed by atoms with van der Waals surface area (Å²) in [5.74, 6) is 0. The zero-order valence-electron chi connectivity index (χ0n) is 12.1. The molecule has 0 unspecified atom stereocenters. The van der Waals surface area contributed by atoms with Gasteiger partial charge in [-0.05, 0) is 16.2 Å². The summed E-state index contributed by atoms with van der Waals surface area (Å²) < 4.78 is 0. The highest BCUT2D eigenvalue weighted by atomic mass is 14.6. The van der Waals surface area contributed by atoms with Crippen molar-refractivity contribution >= 4 is 0 Å². The Balaban J connectivity index is 3.11. The number of rotatable bonds is 0. The van der Waals surface area contributed by atoms with Crippen molar-refractivity contribution in [1.29, 1.82) is 0 Å². The maximum absolute atomic E-state index is 2.52. The van der Waals surface area contributed by atoms with E-state index >= 15 is 0 Å². The molecule has 88 valence electrons. The maximum atomic E-state index is 2.52. The summed E-state index contributed by atoms with van der Waals surface area (Å²) in [6.45, 7) is 21.2. The Morgan fingerprint density at radius 1 is 0.733 bits per heavy atom. The van der Waals surface area contributed by atoms with Crippen LogP contribution in [0.3, 0.4) is 0 Å². The van der Waals surface area contributed by atoms with Crippen LogP contribution in [0, 0.1) is 21.7 Å². The van der Waals surface area contributed by atoms with E-state index in [0.29, 0.717) is 21.7 Å². The maximum Gasteiger partial charge on any atom is 0.0196 e. The summed E-state index contributed by atoms with van der Waals surface area (Å²) in [6.07, 6.45) is 2.52. The van der Waals surface area contributed by atoms with Crippen molar-refractivity contribution in [3.05, 3.63) is 11.6 Å².